The molecule has 28 heavy (non-hydrogen) atoms. The molecule has 1 heterocycles. The molecule has 0 saturated carbocycles. The molecule has 0 spiro atoms. The molecule has 2 rings (SSSR count). The van der Waals surface area contributed by atoms with Crippen molar-refractivity contribution in [2.24, 2.45) is 5.92 Å². The maximum atomic E-state index is 12.6. The van der Waals surface area contributed by atoms with E-state index in [1.165, 1.54) is 32.4 Å². The van der Waals surface area contributed by atoms with E-state index in [9.17, 15) is 19.2 Å². The summed E-state index contributed by atoms with van der Waals surface area (Å²) in [6.45, 7) is 2.50. The number of nitrogens with zero attached hydrogens (tertiary/aromatic N) is 1. The van der Waals surface area contributed by atoms with Gasteiger partial charge in [0.05, 0.1) is 43.9 Å². The van der Waals surface area contributed by atoms with Gasteiger partial charge in [-0.25, -0.2) is 9.59 Å². The summed E-state index contributed by atoms with van der Waals surface area (Å²) in [5.41, 5.74) is 0.432. The lowest BCUT2D eigenvalue weighted by Crippen LogP contribution is -2.38. The van der Waals surface area contributed by atoms with Gasteiger partial charge in [-0.1, -0.05) is 0 Å². The van der Waals surface area contributed by atoms with Gasteiger partial charge in [-0.3, -0.25) is 9.59 Å². The van der Waals surface area contributed by atoms with Crippen LogP contribution in [0.5, 0.6) is 0 Å². The van der Waals surface area contributed by atoms with Gasteiger partial charge in [-0.2, -0.15) is 0 Å². The van der Waals surface area contributed by atoms with Crippen molar-refractivity contribution in [1.29, 1.82) is 0 Å². The SMILES string of the molecule is COC[C@@H](C)N1C[C@H](C(=O)Nc2cc(C(=O)OC)cc(C(=O)OC)c2)CC1=O. The highest BCUT2D eigenvalue weighted by atomic mass is 16.5. The average Bonchev–Trinajstić information content (AvgIpc) is 3.08. The molecule has 0 radical (unpaired) electrons. The number of likely N-dealkylation sites (tertiary alicyclic amines) is 1. The first-order chi connectivity index (χ1) is 13.3. The van der Waals surface area contributed by atoms with Crippen LogP contribution in [0.25, 0.3) is 0 Å². The van der Waals surface area contributed by atoms with Gasteiger partial charge in [-0.15, -0.1) is 0 Å². The zero-order valence-electron chi connectivity index (χ0n) is 16.3. The Kier molecular flexibility index (Phi) is 7.11. The number of amides is 2. The van der Waals surface area contributed by atoms with Crippen LogP contribution < -0.4 is 5.32 Å². The number of ether oxygens (including phenoxy) is 3. The van der Waals surface area contributed by atoms with Crippen LogP contribution in [0, 0.1) is 5.92 Å². The van der Waals surface area contributed by atoms with E-state index in [-0.39, 0.29) is 47.6 Å². The fraction of sp³-hybridized carbons (Fsp3) is 0.474. The minimum atomic E-state index is -0.656. The molecule has 1 aliphatic heterocycles. The molecule has 2 amide bonds. The van der Waals surface area contributed by atoms with Crippen molar-refractivity contribution in [2.45, 2.75) is 19.4 Å². The minimum Gasteiger partial charge on any atom is -0.465 e. The molecule has 0 aromatic heterocycles. The number of hydrogen-bond acceptors (Lipinski definition) is 7. The maximum Gasteiger partial charge on any atom is 0.337 e. The summed E-state index contributed by atoms with van der Waals surface area (Å²) in [6.07, 6.45) is 0.0838. The third-order valence-corrected chi connectivity index (χ3v) is 4.51. The summed E-state index contributed by atoms with van der Waals surface area (Å²) < 4.78 is 14.4. The first-order valence-electron chi connectivity index (χ1n) is 8.71. The second-order valence-electron chi connectivity index (χ2n) is 6.52. The lowest BCUT2D eigenvalue weighted by molar-refractivity contribution is -0.130. The van der Waals surface area contributed by atoms with Crippen molar-refractivity contribution in [3.63, 3.8) is 0 Å². The van der Waals surface area contributed by atoms with E-state index >= 15 is 0 Å². The van der Waals surface area contributed by atoms with Gasteiger partial charge in [-0.05, 0) is 25.1 Å². The third-order valence-electron chi connectivity index (χ3n) is 4.51. The van der Waals surface area contributed by atoms with Crippen molar-refractivity contribution in [2.75, 3.05) is 39.8 Å². The highest BCUT2D eigenvalue weighted by Crippen LogP contribution is 2.23. The Morgan fingerprint density at radius 1 is 1.11 bits per heavy atom. The lowest BCUT2D eigenvalue weighted by Gasteiger charge is -2.23. The highest BCUT2D eigenvalue weighted by Gasteiger charge is 2.36. The van der Waals surface area contributed by atoms with Gasteiger partial charge >= 0.3 is 11.9 Å². The molecule has 0 unspecified atom stereocenters. The molecular weight excluding hydrogens is 368 g/mol. The molecule has 1 N–H and O–H groups in total. The van der Waals surface area contributed by atoms with Crippen LogP contribution in [0.2, 0.25) is 0 Å². The molecule has 1 saturated heterocycles. The number of anilines is 1. The lowest BCUT2D eigenvalue weighted by atomic mass is 10.1. The number of esters is 2. The molecule has 9 heteroatoms. The number of nitrogens with one attached hydrogen (secondary N) is 1. The van der Waals surface area contributed by atoms with Crippen LogP contribution in [-0.2, 0) is 23.8 Å². The Balaban J connectivity index is 2.18. The van der Waals surface area contributed by atoms with Crippen LogP contribution in [-0.4, -0.2) is 69.2 Å². The molecule has 1 fully saturated rings. The van der Waals surface area contributed by atoms with Crippen LogP contribution in [0.4, 0.5) is 5.69 Å². The van der Waals surface area contributed by atoms with E-state index in [4.69, 9.17) is 4.74 Å². The number of methoxy groups -OCH3 is 3. The molecule has 1 aromatic rings. The Morgan fingerprint density at radius 2 is 1.68 bits per heavy atom. The second-order valence-corrected chi connectivity index (χ2v) is 6.52. The van der Waals surface area contributed by atoms with E-state index in [2.05, 4.69) is 14.8 Å². The molecular formula is C19H24N2O7. The van der Waals surface area contributed by atoms with E-state index in [1.54, 1.807) is 12.0 Å². The van der Waals surface area contributed by atoms with Crippen molar-refractivity contribution < 1.29 is 33.4 Å². The maximum absolute atomic E-state index is 12.6. The number of carbonyl (C=O) groups excluding carboxylic acids is 4. The van der Waals surface area contributed by atoms with Gasteiger partial charge in [0.15, 0.2) is 0 Å². The van der Waals surface area contributed by atoms with Crippen LogP contribution in [0.3, 0.4) is 0 Å². The molecule has 0 aliphatic carbocycles. The van der Waals surface area contributed by atoms with Crippen molar-refractivity contribution >= 4 is 29.4 Å². The Bertz CT molecular complexity index is 743. The number of rotatable bonds is 7. The van der Waals surface area contributed by atoms with Gasteiger partial charge in [0, 0.05) is 25.8 Å². The minimum absolute atomic E-state index is 0.0838. The second kappa shape index (κ2) is 9.32. The third kappa shape index (κ3) is 4.86. The van der Waals surface area contributed by atoms with Gasteiger partial charge in [0.25, 0.3) is 0 Å². The summed E-state index contributed by atoms with van der Waals surface area (Å²) >= 11 is 0. The monoisotopic (exact) mass is 392 g/mol. The first-order valence-corrected chi connectivity index (χ1v) is 8.71. The van der Waals surface area contributed by atoms with Crippen LogP contribution in [0.1, 0.15) is 34.1 Å². The number of hydrogen-bond donors (Lipinski definition) is 1. The number of carbonyl (C=O) groups is 4. The Labute approximate surface area is 162 Å². The zero-order valence-corrected chi connectivity index (χ0v) is 16.3. The summed E-state index contributed by atoms with van der Waals surface area (Å²) in [6, 6.07) is 3.99. The first kappa shape index (κ1) is 21.4. The molecule has 1 aromatic carbocycles. The van der Waals surface area contributed by atoms with Gasteiger partial charge < -0.3 is 24.4 Å². The summed E-state index contributed by atoms with van der Waals surface area (Å²) in [4.78, 5) is 50.1. The van der Waals surface area contributed by atoms with Crippen molar-refractivity contribution in [1.82, 2.24) is 4.90 Å². The molecule has 9 nitrogen and oxygen atoms in total. The van der Waals surface area contributed by atoms with Crippen molar-refractivity contribution in [3.8, 4) is 0 Å². The topological polar surface area (TPSA) is 111 Å². The molecule has 0 bridgehead atoms. The van der Waals surface area contributed by atoms with Gasteiger partial charge in [0.1, 0.15) is 0 Å². The standard InChI is InChI=1S/C19H24N2O7/c1-11(10-26-2)21-9-14(8-16(21)22)17(23)20-15-6-12(18(24)27-3)5-13(7-15)19(25)28-4/h5-7,11,14H,8-10H2,1-4H3,(H,20,23)/t11-,14-/m1/s1. The quantitative estimate of drug-likeness (QED) is 0.691. The van der Waals surface area contributed by atoms with E-state index in [0.717, 1.165) is 0 Å². The summed E-state index contributed by atoms with van der Waals surface area (Å²) in [5, 5.41) is 2.67. The highest BCUT2D eigenvalue weighted by molar-refractivity contribution is 6.01. The normalized spacial score (nSPS) is 17.2. The smallest absolute Gasteiger partial charge is 0.337 e. The van der Waals surface area contributed by atoms with E-state index < -0.39 is 17.9 Å². The fourth-order valence-electron chi connectivity index (χ4n) is 3.08. The van der Waals surface area contributed by atoms with Crippen molar-refractivity contribution in [3.05, 3.63) is 29.3 Å². The van der Waals surface area contributed by atoms with Crippen LogP contribution >= 0.6 is 0 Å². The summed E-state index contributed by atoms with van der Waals surface area (Å²) in [7, 11) is 3.98. The average molecular weight is 392 g/mol. The van der Waals surface area contributed by atoms with Crippen LogP contribution in [0.15, 0.2) is 18.2 Å². The molecule has 2 atom stereocenters. The zero-order chi connectivity index (χ0) is 20.8. The fourth-order valence-corrected chi connectivity index (χ4v) is 3.08. The predicted octanol–water partition coefficient (Wildman–Crippen LogP) is 1.08. The van der Waals surface area contributed by atoms with Gasteiger partial charge in [0.2, 0.25) is 11.8 Å². The number of benzene rings is 1. The van der Waals surface area contributed by atoms with E-state index in [1.807, 2.05) is 6.92 Å². The molecule has 152 valence electrons. The Morgan fingerprint density at radius 3 is 2.18 bits per heavy atom. The summed E-state index contributed by atoms with van der Waals surface area (Å²) in [5.74, 6) is -2.36. The largest absolute Gasteiger partial charge is 0.465 e. The van der Waals surface area contributed by atoms with E-state index in [0.29, 0.717) is 6.61 Å². The Hall–Kier alpha value is -2.94. The predicted molar refractivity (Wildman–Crippen MR) is 98.9 cm³/mol. The molecule has 1 aliphatic rings.